The Bertz CT molecular complexity index is 1520. The second-order valence-corrected chi connectivity index (χ2v) is 12.7. The summed E-state index contributed by atoms with van der Waals surface area (Å²) in [5.41, 5.74) is 5.40. The monoisotopic (exact) mass is 516 g/mol. The Morgan fingerprint density at radius 1 is 0.639 bits per heavy atom. The minimum Gasteiger partial charge on any atom is -0.165 e. The van der Waals surface area contributed by atoms with Crippen LogP contribution in [-0.2, 0) is 32.3 Å². The minimum atomic E-state index is 0. The molecular weight excluding hydrogens is 481 g/mol. The second-order valence-electron chi connectivity index (χ2n) is 9.71. The molecule has 0 unspecified atom stereocenters. The minimum absolute atomic E-state index is 0. The molecule has 0 aliphatic carbocycles. The van der Waals surface area contributed by atoms with Crippen LogP contribution in [0, 0.1) is 6.92 Å². The van der Waals surface area contributed by atoms with Gasteiger partial charge in [0.15, 0.2) is 0 Å². The van der Waals surface area contributed by atoms with Crippen molar-refractivity contribution in [2.45, 2.75) is 39.9 Å². The molecule has 6 aromatic rings. The van der Waals surface area contributed by atoms with Crippen LogP contribution in [0.25, 0.3) is 43.4 Å². The summed E-state index contributed by atoms with van der Waals surface area (Å²) in [6.07, 6.45) is 1.10. The summed E-state index contributed by atoms with van der Waals surface area (Å²) in [5.74, 6) is 0. The van der Waals surface area contributed by atoms with Gasteiger partial charge in [-0.2, -0.15) is 12.1 Å². The molecule has 0 atom stereocenters. The van der Waals surface area contributed by atoms with Crippen LogP contribution in [0.2, 0.25) is 19.6 Å². The van der Waals surface area contributed by atoms with Crippen LogP contribution in [0.4, 0.5) is 0 Å². The molecule has 0 heterocycles. The molecule has 0 N–H and O–H groups in total. The van der Waals surface area contributed by atoms with Gasteiger partial charge in [0.2, 0.25) is 0 Å². The third-order valence-corrected chi connectivity index (χ3v) is 6.06. The van der Waals surface area contributed by atoms with Gasteiger partial charge in [-0.25, -0.2) is 0 Å². The molecule has 36 heavy (non-hydrogen) atoms. The first-order valence-electron chi connectivity index (χ1n) is 12.5. The maximum atomic E-state index is 2.32. The number of benzene rings is 4. The topological polar surface area (TPSA) is 0 Å². The van der Waals surface area contributed by atoms with E-state index >= 15 is 0 Å². The van der Waals surface area contributed by atoms with Crippen molar-refractivity contribution in [1.29, 1.82) is 0 Å². The molecule has 0 aromatic heterocycles. The number of hydrogen-bond donors (Lipinski definition) is 0. The SMILES string of the molecule is CCc1cc2c(-c3ccccc3)cccc2[cH-]1.C[Si](C)C.Cc1cc2c(ccc3ccccc32)[cH-]1.[Sc]. The Labute approximate surface area is 237 Å². The molecule has 0 nitrogen and oxygen atoms in total. The van der Waals surface area contributed by atoms with Crippen LogP contribution in [0.5, 0.6) is 0 Å². The first-order valence-corrected chi connectivity index (χ1v) is 15.5. The Hall–Kier alpha value is -2.55. The van der Waals surface area contributed by atoms with Gasteiger partial charge in [-0.1, -0.05) is 111 Å². The van der Waals surface area contributed by atoms with Crippen LogP contribution in [-0.4, -0.2) is 8.80 Å². The van der Waals surface area contributed by atoms with Crippen molar-refractivity contribution in [2.75, 3.05) is 0 Å². The van der Waals surface area contributed by atoms with Gasteiger partial charge in [0.1, 0.15) is 0 Å². The van der Waals surface area contributed by atoms with Crippen molar-refractivity contribution in [3.05, 3.63) is 120 Å². The van der Waals surface area contributed by atoms with Gasteiger partial charge in [0, 0.05) is 34.6 Å². The predicted molar refractivity (Wildman–Crippen MR) is 159 cm³/mol. The van der Waals surface area contributed by atoms with Crippen LogP contribution >= 0.6 is 0 Å². The zero-order chi connectivity index (χ0) is 24.8. The molecule has 0 fully saturated rings. The van der Waals surface area contributed by atoms with E-state index in [9.17, 15) is 0 Å². The molecule has 0 spiro atoms. The first kappa shape index (κ1) is 28.0. The Morgan fingerprint density at radius 2 is 1.31 bits per heavy atom. The molecule has 2 radical (unpaired) electrons. The molecule has 6 rings (SSSR count). The molecular formula is C34H35ScSi-2. The average molecular weight is 517 g/mol. The van der Waals surface area contributed by atoms with Crippen molar-refractivity contribution in [1.82, 2.24) is 0 Å². The van der Waals surface area contributed by atoms with Gasteiger partial charge < -0.3 is 0 Å². The normalized spacial score (nSPS) is 10.5. The fourth-order valence-corrected chi connectivity index (χ4v) is 4.48. The van der Waals surface area contributed by atoms with E-state index in [2.05, 4.69) is 143 Å². The van der Waals surface area contributed by atoms with E-state index in [1.807, 2.05) is 0 Å². The summed E-state index contributed by atoms with van der Waals surface area (Å²) >= 11 is 0. The second kappa shape index (κ2) is 13.1. The third kappa shape index (κ3) is 6.81. The maximum Gasteiger partial charge on any atom is 0.0379 e. The van der Waals surface area contributed by atoms with E-state index in [0.717, 1.165) is 6.42 Å². The van der Waals surface area contributed by atoms with E-state index in [0.29, 0.717) is 0 Å². The summed E-state index contributed by atoms with van der Waals surface area (Å²) in [4.78, 5) is 0. The fraction of sp³-hybridized carbons (Fsp3) is 0.176. The summed E-state index contributed by atoms with van der Waals surface area (Å²) in [5, 5.41) is 8.13. The van der Waals surface area contributed by atoms with Crippen molar-refractivity contribution < 1.29 is 25.8 Å². The molecule has 0 aliphatic rings. The van der Waals surface area contributed by atoms with Crippen molar-refractivity contribution in [3.8, 4) is 11.1 Å². The van der Waals surface area contributed by atoms with E-state index in [4.69, 9.17) is 0 Å². The smallest absolute Gasteiger partial charge is 0.0379 e. The van der Waals surface area contributed by atoms with Gasteiger partial charge in [0.05, 0.1) is 0 Å². The largest absolute Gasteiger partial charge is 0.165 e. The van der Waals surface area contributed by atoms with Gasteiger partial charge in [-0.15, -0.1) is 63.0 Å². The maximum absolute atomic E-state index is 2.32. The molecule has 0 saturated heterocycles. The Morgan fingerprint density at radius 3 is 2.03 bits per heavy atom. The van der Waals surface area contributed by atoms with E-state index in [1.54, 1.807) is 0 Å². The van der Waals surface area contributed by atoms with Crippen molar-refractivity contribution >= 4 is 41.1 Å². The van der Waals surface area contributed by atoms with Crippen molar-refractivity contribution in [2.24, 2.45) is 0 Å². The summed E-state index contributed by atoms with van der Waals surface area (Å²) in [7, 11) is 0.120. The first-order chi connectivity index (χ1) is 17.0. The summed E-state index contributed by atoms with van der Waals surface area (Å²) in [6, 6.07) is 39.2. The number of rotatable bonds is 2. The van der Waals surface area contributed by atoms with Crippen LogP contribution < -0.4 is 0 Å². The quantitative estimate of drug-likeness (QED) is 0.159. The Kier molecular flexibility index (Phi) is 10.2. The van der Waals surface area contributed by atoms with Gasteiger partial charge in [-0.05, 0) is 17.4 Å². The van der Waals surface area contributed by atoms with Crippen LogP contribution in [0.3, 0.4) is 0 Å². The van der Waals surface area contributed by atoms with E-state index < -0.39 is 0 Å². The molecule has 0 bridgehead atoms. The van der Waals surface area contributed by atoms with Gasteiger partial charge in [0.25, 0.3) is 0 Å². The summed E-state index contributed by atoms with van der Waals surface area (Å²) in [6.45, 7) is 11.2. The van der Waals surface area contributed by atoms with Crippen LogP contribution in [0.15, 0.2) is 109 Å². The molecule has 2 heteroatoms. The van der Waals surface area contributed by atoms with Gasteiger partial charge >= 0.3 is 0 Å². The molecule has 6 aromatic carbocycles. The van der Waals surface area contributed by atoms with Crippen molar-refractivity contribution in [3.63, 3.8) is 0 Å². The number of fused-ring (bicyclic) bond motifs is 4. The standard InChI is InChI=1S/C17H15.C14H11.C3H9Si.Sc/c1-2-13-11-15-9-6-10-16(17(15)12-13)14-7-4-3-5-8-14;1-10-8-12-7-6-11-4-2-3-5-13(11)14(12)9-10;1-4(2)3;/h3-12H,2H2,1H3;2-9H,1H3;1-3H3;/q2*-1;;. The predicted octanol–water partition coefficient (Wildman–Crippen LogP) is 10.2. The zero-order valence-corrected chi connectivity index (χ0v) is 25.0. The molecule has 0 aliphatic heterocycles. The Balaban J connectivity index is 0.000000173. The zero-order valence-electron chi connectivity index (χ0n) is 22.2. The fourth-order valence-electron chi connectivity index (χ4n) is 4.48. The van der Waals surface area contributed by atoms with E-state index in [1.165, 1.54) is 54.6 Å². The molecule has 0 saturated carbocycles. The van der Waals surface area contributed by atoms with Crippen LogP contribution in [0.1, 0.15) is 18.1 Å². The third-order valence-electron chi connectivity index (χ3n) is 6.06. The number of aryl methyl sites for hydroxylation is 2. The molecule has 0 amide bonds. The number of hydrogen-bond acceptors (Lipinski definition) is 0. The van der Waals surface area contributed by atoms with Gasteiger partial charge in [-0.3, -0.25) is 0 Å². The van der Waals surface area contributed by atoms with E-state index in [-0.39, 0.29) is 34.6 Å². The average Bonchev–Trinajstić information content (AvgIpc) is 3.47. The molecule has 180 valence electrons. The summed E-state index contributed by atoms with van der Waals surface area (Å²) < 4.78 is 0.